The summed E-state index contributed by atoms with van der Waals surface area (Å²) in [7, 11) is 0. The van der Waals surface area contributed by atoms with Gasteiger partial charge in [0.05, 0.1) is 6.04 Å². The number of Topliss-reactive ketones (excluding diaryl/α,β-unsaturated/α-hetero) is 1. The first-order valence-electron chi connectivity index (χ1n) is 5.38. The topological polar surface area (TPSA) is 46.2 Å². The molecule has 1 rings (SSSR count). The van der Waals surface area contributed by atoms with Crippen LogP contribution in [0.15, 0.2) is 30.3 Å². The van der Waals surface area contributed by atoms with Crippen LogP contribution < -0.4 is 5.32 Å². The molecule has 0 spiro atoms. The van der Waals surface area contributed by atoms with Gasteiger partial charge in [-0.2, -0.15) is 0 Å². The van der Waals surface area contributed by atoms with Crippen molar-refractivity contribution in [1.82, 2.24) is 5.32 Å². The van der Waals surface area contributed by atoms with Crippen LogP contribution in [0.2, 0.25) is 0 Å². The van der Waals surface area contributed by atoms with Gasteiger partial charge in [-0.3, -0.25) is 9.59 Å². The third-order valence-electron chi connectivity index (χ3n) is 2.37. The van der Waals surface area contributed by atoms with E-state index in [1.54, 1.807) is 12.1 Å². The maximum absolute atomic E-state index is 12.1. The first-order chi connectivity index (χ1) is 7.52. The van der Waals surface area contributed by atoms with E-state index in [1.165, 1.54) is 6.92 Å². The summed E-state index contributed by atoms with van der Waals surface area (Å²) in [5.41, 5.74) is 0.634. The van der Waals surface area contributed by atoms with Gasteiger partial charge in [-0.25, -0.2) is 0 Å². The Hall–Kier alpha value is -1.64. The van der Waals surface area contributed by atoms with E-state index in [0.29, 0.717) is 5.56 Å². The lowest BCUT2D eigenvalue weighted by atomic mass is 9.95. The number of hydrogen-bond donors (Lipinski definition) is 1. The lowest BCUT2D eigenvalue weighted by Gasteiger charge is -2.20. The second-order valence-electron chi connectivity index (χ2n) is 4.15. The molecule has 0 radical (unpaired) electrons. The van der Waals surface area contributed by atoms with Gasteiger partial charge in [0.15, 0.2) is 5.78 Å². The zero-order chi connectivity index (χ0) is 12.1. The summed E-state index contributed by atoms with van der Waals surface area (Å²) >= 11 is 0. The Morgan fingerprint density at radius 3 is 2.12 bits per heavy atom. The summed E-state index contributed by atoms with van der Waals surface area (Å²) in [5.74, 6) is -0.134. The van der Waals surface area contributed by atoms with Gasteiger partial charge in [0, 0.05) is 12.5 Å². The molecular formula is C13H17NO2. The number of carbonyl (C=O) groups is 2. The molecule has 0 aromatic heterocycles. The summed E-state index contributed by atoms with van der Waals surface area (Å²) in [6, 6.07) is 8.58. The largest absolute Gasteiger partial charge is 0.346 e. The molecule has 0 saturated carbocycles. The van der Waals surface area contributed by atoms with Crippen LogP contribution in [0.3, 0.4) is 0 Å². The highest BCUT2D eigenvalue weighted by molar-refractivity contribution is 6.01. The number of amides is 1. The molecule has 16 heavy (non-hydrogen) atoms. The molecule has 0 aliphatic carbocycles. The molecule has 3 heteroatoms. The van der Waals surface area contributed by atoms with E-state index in [0.717, 1.165) is 0 Å². The van der Waals surface area contributed by atoms with E-state index in [2.05, 4.69) is 5.32 Å². The Balaban J connectivity index is 2.88. The van der Waals surface area contributed by atoms with Gasteiger partial charge in [-0.1, -0.05) is 44.2 Å². The molecule has 1 aromatic rings. The predicted octanol–water partition coefficient (Wildman–Crippen LogP) is 2.03. The van der Waals surface area contributed by atoms with Gasteiger partial charge < -0.3 is 5.32 Å². The minimum absolute atomic E-state index is 0.0363. The second-order valence-corrected chi connectivity index (χ2v) is 4.15. The highest BCUT2D eigenvalue weighted by Crippen LogP contribution is 2.10. The minimum atomic E-state index is -0.445. The van der Waals surface area contributed by atoms with Crippen LogP contribution in [-0.2, 0) is 4.79 Å². The zero-order valence-corrected chi connectivity index (χ0v) is 9.86. The fourth-order valence-corrected chi connectivity index (χ4v) is 1.54. The molecule has 0 aliphatic heterocycles. The van der Waals surface area contributed by atoms with Crippen LogP contribution in [0.5, 0.6) is 0 Å². The Morgan fingerprint density at radius 2 is 1.69 bits per heavy atom. The molecule has 0 fully saturated rings. The molecule has 0 heterocycles. The highest BCUT2D eigenvalue weighted by atomic mass is 16.2. The Bertz CT molecular complexity index is 371. The van der Waals surface area contributed by atoms with Gasteiger partial charge in [0.1, 0.15) is 0 Å². The number of nitrogens with one attached hydrogen (secondary N) is 1. The van der Waals surface area contributed by atoms with Crippen LogP contribution in [0.25, 0.3) is 0 Å². The minimum Gasteiger partial charge on any atom is -0.346 e. The van der Waals surface area contributed by atoms with Crippen molar-refractivity contribution >= 4 is 11.7 Å². The molecule has 86 valence electrons. The smallest absolute Gasteiger partial charge is 0.217 e. The highest BCUT2D eigenvalue weighted by Gasteiger charge is 2.23. The average molecular weight is 219 g/mol. The normalized spacial score (nSPS) is 12.2. The fourth-order valence-electron chi connectivity index (χ4n) is 1.54. The molecule has 0 aliphatic rings. The van der Waals surface area contributed by atoms with E-state index in [-0.39, 0.29) is 17.6 Å². The number of rotatable bonds is 4. The lowest BCUT2D eigenvalue weighted by Crippen LogP contribution is -2.43. The summed E-state index contributed by atoms with van der Waals surface area (Å²) in [6.45, 7) is 5.26. The summed E-state index contributed by atoms with van der Waals surface area (Å²) in [6.07, 6.45) is 0. The van der Waals surface area contributed by atoms with Crippen molar-refractivity contribution < 1.29 is 9.59 Å². The number of hydrogen-bond acceptors (Lipinski definition) is 2. The molecule has 3 nitrogen and oxygen atoms in total. The van der Waals surface area contributed by atoms with Crippen LogP contribution in [0.1, 0.15) is 31.1 Å². The third kappa shape index (κ3) is 3.19. The second kappa shape index (κ2) is 5.45. The fraction of sp³-hybridized carbons (Fsp3) is 0.385. The van der Waals surface area contributed by atoms with Crippen LogP contribution in [0, 0.1) is 5.92 Å². The van der Waals surface area contributed by atoms with Crippen LogP contribution in [-0.4, -0.2) is 17.7 Å². The molecule has 1 amide bonds. The third-order valence-corrected chi connectivity index (χ3v) is 2.37. The van der Waals surface area contributed by atoms with E-state index < -0.39 is 6.04 Å². The van der Waals surface area contributed by atoms with Gasteiger partial charge >= 0.3 is 0 Å². The number of ketones is 1. The zero-order valence-electron chi connectivity index (χ0n) is 9.86. The standard InChI is InChI=1S/C13H17NO2/c1-9(2)12(14-10(3)15)13(16)11-7-5-4-6-8-11/h4-9,12H,1-3H3,(H,14,15)/t12-/m1/s1. The molecule has 0 bridgehead atoms. The van der Waals surface area contributed by atoms with E-state index in [9.17, 15) is 9.59 Å². The van der Waals surface area contributed by atoms with E-state index >= 15 is 0 Å². The van der Waals surface area contributed by atoms with Gasteiger partial charge in [0.25, 0.3) is 0 Å². The lowest BCUT2D eigenvalue weighted by molar-refractivity contribution is -0.119. The first-order valence-corrected chi connectivity index (χ1v) is 5.38. The SMILES string of the molecule is CC(=O)N[C@@H](C(=O)c1ccccc1)C(C)C. The number of benzene rings is 1. The summed E-state index contributed by atoms with van der Waals surface area (Å²) < 4.78 is 0. The van der Waals surface area contributed by atoms with Crippen molar-refractivity contribution in [3.8, 4) is 0 Å². The monoisotopic (exact) mass is 219 g/mol. The van der Waals surface area contributed by atoms with Crippen molar-refractivity contribution in [2.24, 2.45) is 5.92 Å². The molecule has 1 N–H and O–H groups in total. The van der Waals surface area contributed by atoms with Gasteiger partial charge in [-0.05, 0) is 5.92 Å². The van der Waals surface area contributed by atoms with Crippen LogP contribution in [0.4, 0.5) is 0 Å². The van der Waals surface area contributed by atoms with Crippen molar-refractivity contribution in [2.75, 3.05) is 0 Å². The first kappa shape index (κ1) is 12.4. The molecule has 0 saturated heterocycles. The quantitative estimate of drug-likeness (QED) is 0.787. The maximum atomic E-state index is 12.1. The molecular weight excluding hydrogens is 202 g/mol. The van der Waals surface area contributed by atoms with Gasteiger partial charge in [-0.15, -0.1) is 0 Å². The van der Waals surface area contributed by atoms with Crippen molar-refractivity contribution in [1.29, 1.82) is 0 Å². The van der Waals surface area contributed by atoms with Crippen molar-refractivity contribution in [2.45, 2.75) is 26.8 Å². The predicted molar refractivity (Wildman–Crippen MR) is 63.2 cm³/mol. The maximum Gasteiger partial charge on any atom is 0.217 e. The van der Waals surface area contributed by atoms with Crippen LogP contribution >= 0.6 is 0 Å². The molecule has 0 unspecified atom stereocenters. The Labute approximate surface area is 95.9 Å². The van der Waals surface area contributed by atoms with E-state index in [1.807, 2.05) is 32.0 Å². The van der Waals surface area contributed by atoms with Gasteiger partial charge in [0.2, 0.25) is 5.91 Å². The summed E-state index contributed by atoms with van der Waals surface area (Å²) in [4.78, 5) is 23.1. The number of carbonyl (C=O) groups excluding carboxylic acids is 2. The van der Waals surface area contributed by atoms with Crippen molar-refractivity contribution in [3.63, 3.8) is 0 Å². The van der Waals surface area contributed by atoms with E-state index in [4.69, 9.17) is 0 Å². The Kier molecular flexibility index (Phi) is 4.23. The Morgan fingerprint density at radius 1 is 1.12 bits per heavy atom. The average Bonchev–Trinajstić information content (AvgIpc) is 2.25. The molecule has 1 atom stereocenters. The molecule has 1 aromatic carbocycles. The van der Waals surface area contributed by atoms with Crippen molar-refractivity contribution in [3.05, 3.63) is 35.9 Å². The summed E-state index contributed by atoms with van der Waals surface area (Å²) in [5, 5.41) is 2.69.